The third-order valence-corrected chi connectivity index (χ3v) is 4.35. The molecule has 7 nitrogen and oxygen atoms in total. The Morgan fingerprint density at radius 2 is 1.70 bits per heavy atom. The fourth-order valence-electron chi connectivity index (χ4n) is 3.08. The first-order valence-corrected chi connectivity index (χ1v) is 7.85. The molecule has 0 fully saturated rings. The molecule has 0 saturated carbocycles. The SMILES string of the molecule is O=C(O)c1cccc(-c2c3ccc(=O)c(O)c-3oc3c(O)c(O)ccc23)c1. The smallest absolute Gasteiger partial charge is 0.335 e. The van der Waals surface area contributed by atoms with Gasteiger partial charge in [0.1, 0.15) is 0 Å². The molecule has 2 aromatic carbocycles. The van der Waals surface area contributed by atoms with E-state index in [-0.39, 0.29) is 16.9 Å². The van der Waals surface area contributed by atoms with E-state index in [2.05, 4.69) is 0 Å². The van der Waals surface area contributed by atoms with Crippen molar-refractivity contribution in [1.29, 1.82) is 0 Å². The summed E-state index contributed by atoms with van der Waals surface area (Å²) in [6.45, 7) is 0. The molecule has 2 aliphatic rings. The Hall–Kier alpha value is -4.00. The summed E-state index contributed by atoms with van der Waals surface area (Å²) in [7, 11) is 0. The van der Waals surface area contributed by atoms with Gasteiger partial charge >= 0.3 is 5.97 Å². The van der Waals surface area contributed by atoms with E-state index in [1.54, 1.807) is 12.1 Å². The monoisotopic (exact) mass is 364 g/mol. The topological polar surface area (TPSA) is 128 Å². The van der Waals surface area contributed by atoms with Gasteiger partial charge in [-0.1, -0.05) is 12.1 Å². The van der Waals surface area contributed by atoms with Crippen LogP contribution in [0.4, 0.5) is 0 Å². The normalized spacial score (nSPS) is 11.1. The highest BCUT2D eigenvalue weighted by molar-refractivity contribution is 6.05. The minimum absolute atomic E-state index is 0.0438. The number of phenols is 3. The summed E-state index contributed by atoms with van der Waals surface area (Å²) < 4.78 is 5.53. The molecule has 4 N–H and O–H groups in total. The summed E-state index contributed by atoms with van der Waals surface area (Å²) in [5.41, 5.74) is 0.507. The Morgan fingerprint density at radius 3 is 2.44 bits per heavy atom. The first-order chi connectivity index (χ1) is 12.9. The molecule has 0 aromatic heterocycles. The van der Waals surface area contributed by atoms with Gasteiger partial charge in [0.25, 0.3) is 0 Å². The zero-order chi connectivity index (χ0) is 19.3. The number of rotatable bonds is 2. The Morgan fingerprint density at radius 1 is 0.926 bits per heavy atom. The van der Waals surface area contributed by atoms with E-state index in [1.165, 1.54) is 36.4 Å². The van der Waals surface area contributed by atoms with E-state index >= 15 is 0 Å². The van der Waals surface area contributed by atoms with Gasteiger partial charge in [0.2, 0.25) is 16.9 Å². The van der Waals surface area contributed by atoms with Crippen molar-refractivity contribution in [2.75, 3.05) is 0 Å². The summed E-state index contributed by atoms with van der Waals surface area (Å²) in [5.74, 6) is -2.93. The van der Waals surface area contributed by atoms with Crippen molar-refractivity contribution in [3.63, 3.8) is 0 Å². The van der Waals surface area contributed by atoms with Gasteiger partial charge in [-0.25, -0.2) is 4.79 Å². The second kappa shape index (κ2) is 5.77. The number of hydrogen-bond donors (Lipinski definition) is 4. The van der Waals surface area contributed by atoms with Crippen LogP contribution in [0, 0.1) is 0 Å². The molecule has 1 aliphatic heterocycles. The van der Waals surface area contributed by atoms with Crippen molar-refractivity contribution >= 4 is 16.9 Å². The molecule has 0 spiro atoms. The molecular formula is C20H12O7. The molecule has 0 unspecified atom stereocenters. The summed E-state index contributed by atoms with van der Waals surface area (Å²) >= 11 is 0. The number of benzene rings is 3. The summed E-state index contributed by atoms with van der Waals surface area (Å²) in [6, 6.07) is 11.5. The third-order valence-electron chi connectivity index (χ3n) is 4.35. The highest BCUT2D eigenvalue weighted by Gasteiger charge is 2.24. The zero-order valence-electron chi connectivity index (χ0n) is 13.6. The quantitative estimate of drug-likeness (QED) is 0.317. The minimum Gasteiger partial charge on any atom is -0.504 e. The molecule has 0 atom stereocenters. The van der Waals surface area contributed by atoms with E-state index in [0.29, 0.717) is 22.1 Å². The number of aromatic carboxylic acids is 1. The van der Waals surface area contributed by atoms with E-state index in [4.69, 9.17) is 4.42 Å². The summed E-state index contributed by atoms with van der Waals surface area (Å²) in [5, 5.41) is 39.8. The number of phenolic OH excluding ortho intramolecular Hbond substituents is 3. The van der Waals surface area contributed by atoms with E-state index < -0.39 is 28.6 Å². The number of carboxylic acids is 1. The third kappa shape index (κ3) is 2.44. The molecule has 1 aliphatic carbocycles. The molecule has 134 valence electrons. The Bertz CT molecular complexity index is 1250. The molecule has 4 rings (SSSR count). The first-order valence-electron chi connectivity index (χ1n) is 7.85. The molecule has 0 radical (unpaired) electrons. The molecule has 2 aromatic rings. The molecular weight excluding hydrogens is 352 g/mol. The van der Waals surface area contributed by atoms with Gasteiger partial charge in [-0.15, -0.1) is 0 Å². The number of fused-ring (bicyclic) bond motifs is 2. The average Bonchev–Trinajstić information content (AvgIpc) is 2.66. The number of hydrogen-bond acceptors (Lipinski definition) is 6. The van der Waals surface area contributed by atoms with E-state index in [1.807, 2.05) is 0 Å². The van der Waals surface area contributed by atoms with Gasteiger partial charge in [-0.05, 0) is 42.0 Å². The van der Waals surface area contributed by atoms with Gasteiger partial charge in [0, 0.05) is 16.5 Å². The second-order valence-electron chi connectivity index (χ2n) is 5.96. The predicted molar refractivity (Wildman–Crippen MR) is 96.5 cm³/mol. The maximum Gasteiger partial charge on any atom is 0.335 e. The van der Waals surface area contributed by atoms with Crippen LogP contribution in [0.15, 0.2) is 57.7 Å². The van der Waals surface area contributed by atoms with Crippen LogP contribution in [0.2, 0.25) is 0 Å². The van der Waals surface area contributed by atoms with E-state index in [9.17, 15) is 30.0 Å². The van der Waals surface area contributed by atoms with Crippen molar-refractivity contribution in [3.8, 4) is 39.7 Å². The zero-order valence-corrected chi connectivity index (χ0v) is 13.6. The summed E-state index contributed by atoms with van der Waals surface area (Å²) in [4.78, 5) is 23.1. The minimum atomic E-state index is -1.11. The fourth-order valence-corrected chi connectivity index (χ4v) is 3.08. The van der Waals surface area contributed by atoms with Crippen LogP contribution in [0.25, 0.3) is 33.4 Å². The van der Waals surface area contributed by atoms with Crippen LogP contribution in [-0.4, -0.2) is 26.4 Å². The van der Waals surface area contributed by atoms with Gasteiger partial charge in [0.15, 0.2) is 17.1 Å². The van der Waals surface area contributed by atoms with Crippen LogP contribution in [0.5, 0.6) is 17.2 Å². The van der Waals surface area contributed by atoms with Gasteiger partial charge in [-0.3, -0.25) is 4.79 Å². The number of carboxylic acid groups (broad SMARTS) is 1. The highest BCUT2D eigenvalue weighted by atomic mass is 16.4. The largest absolute Gasteiger partial charge is 0.504 e. The lowest BCUT2D eigenvalue weighted by Crippen LogP contribution is -2.02. The standard InChI is InChI=1S/C20H12O7/c21-13-6-4-11-15(9-2-1-3-10(8-9)20(25)26)12-5-7-14(22)17(24)19(12)27-18(11)16(13)23/h1-8,21,23-24H,(H,25,26). The Balaban J connectivity index is 2.22. The van der Waals surface area contributed by atoms with Crippen molar-refractivity contribution in [2.24, 2.45) is 0 Å². The van der Waals surface area contributed by atoms with Crippen LogP contribution in [-0.2, 0) is 0 Å². The highest BCUT2D eigenvalue weighted by Crippen LogP contribution is 2.46. The molecule has 1 heterocycles. The number of aromatic hydroxyl groups is 3. The fraction of sp³-hybridized carbons (Fsp3) is 0. The second-order valence-corrected chi connectivity index (χ2v) is 5.96. The lowest BCUT2D eigenvalue weighted by Gasteiger charge is -2.17. The van der Waals surface area contributed by atoms with Crippen LogP contribution < -0.4 is 5.43 Å². The van der Waals surface area contributed by atoms with Crippen molar-refractivity contribution in [1.82, 2.24) is 0 Å². The molecule has 0 amide bonds. The lowest BCUT2D eigenvalue weighted by molar-refractivity contribution is 0.0697. The maximum absolute atomic E-state index is 11.8. The molecule has 27 heavy (non-hydrogen) atoms. The Kier molecular flexibility index (Phi) is 3.52. The van der Waals surface area contributed by atoms with Gasteiger partial charge in [0.05, 0.1) is 5.56 Å². The Labute approximate surface area is 151 Å². The first kappa shape index (κ1) is 16.5. The van der Waals surface area contributed by atoms with Gasteiger partial charge in [-0.2, -0.15) is 0 Å². The average molecular weight is 364 g/mol. The molecule has 0 saturated heterocycles. The summed E-state index contributed by atoms with van der Waals surface area (Å²) in [6.07, 6.45) is 0. The predicted octanol–water partition coefficient (Wildman–Crippen LogP) is 3.38. The van der Waals surface area contributed by atoms with Crippen LogP contribution in [0.1, 0.15) is 10.4 Å². The number of carbonyl (C=O) groups is 1. The van der Waals surface area contributed by atoms with Crippen molar-refractivity contribution < 1.29 is 29.6 Å². The van der Waals surface area contributed by atoms with Crippen LogP contribution in [0.3, 0.4) is 0 Å². The van der Waals surface area contributed by atoms with Crippen molar-refractivity contribution in [3.05, 3.63) is 64.3 Å². The van der Waals surface area contributed by atoms with Crippen molar-refractivity contribution in [2.45, 2.75) is 0 Å². The molecule has 7 heteroatoms. The van der Waals surface area contributed by atoms with Crippen LogP contribution >= 0.6 is 0 Å². The van der Waals surface area contributed by atoms with E-state index in [0.717, 1.165) is 0 Å². The lowest BCUT2D eigenvalue weighted by atomic mass is 9.92. The molecule has 0 bridgehead atoms. The maximum atomic E-state index is 11.8. The van der Waals surface area contributed by atoms with Gasteiger partial charge < -0.3 is 24.8 Å².